The molecule has 1 fully saturated rings. The molecular formula is C32H48N8O6. The highest BCUT2D eigenvalue weighted by atomic mass is 16.6. The van der Waals surface area contributed by atoms with Crippen LogP contribution in [0.3, 0.4) is 0 Å². The zero-order valence-electron chi connectivity index (χ0n) is 26.9. The molecule has 1 saturated carbocycles. The topological polar surface area (TPSA) is 214 Å². The maximum Gasteiger partial charge on any atom is 0.408 e. The van der Waals surface area contributed by atoms with Crippen LogP contribution in [0.1, 0.15) is 70.6 Å². The monoisotopic (exact) mass is 640 g/mol. The number of carbonyl (C=O) groups is 3. The first-order valence-corrected chi connectivity index (χ1v) is 15.9. The molecule has 3 rings (SSSR count). The number of nitrogens with zero attached hydrogens (tertiary/aromatic N) is 4. The lowest BCUT2D eigenvalue weighted by molar-refractivity contribution is -0.131. The van der Waals surface area contributed by atoms with Gasteiger partial charge in [0.1, 0.15) is 17.7 Å². The fourth-order valence-corrected chi connectivity index (χ4v) is 5.70. The van der Waals surface area contributed by atoms with Crippen molar-refractivity contribution in [2.45, 2.75) is 102 Å². The zero-order chi connectivity index (χ0) is 33.5. The molecule has 1 aliphatic carbocycles. The summed E-state index contributed by atoms with van der Waals surface area (Å²) in [5, 5.41) is 33.2. The summed E-state index contributed by atoms with van der Waals surface area (Å²) in [6.45, 7) is 4.57. The van der Waals surface area contributed by atoms with Gasteiger partial charge < -0.3 is 35.9 Å². The van der Waals surface area contributed by atoms with Crippen LogP contribution in [0.5, 0.6) is 0 Å². The third-order valence-corrected chi connectivity index (χ3v) is 8.05. The van der Waals surface area contributed by atoms with E-state index in [2.05, 4.69) is 35.9 Å². The molecule has 46 heavy (non-hydrogen) atoms. The van der Waals surface area contributed by atoms with Crippen LogP contribution in [-0.2, 0) is 27.2 Å². The minimum absolute atomic E-state index is 0.0520. The molecule has 14 nitrogen and oxygen atoms in total. The van der Waals surface area contributed by atoms with Crippen molar-refractivity contribution in [1.29, 1.82) is 0 Å². The van der Waals surface area contributed by atoms with Crippen LogP contribution in [0.15, 0.2) is 48.0 Å². The van der Waals surface area contributed by atoms with Crippen molar-refractivity contribution >= 4 is 17.9 Å². The van der Waals surface area contributed by atoms with Crippen LogP contribution >= 0.6 is 0 Å². The van der Waals surface area contributed by atoms with Gasteiger partial charge in [-0.1, -0.05) is 67.6 Å². The normalized spacial score (nSPS) is 17.0. The first kappa shape index (κ1) is 36.3. The largest absolute Gasteiger partial charge is 0.444 e. The number of hydrogen-bond donors (Lipinski definition) is 6. The smallest absolute Gasteiger partial charge is 0.408 e. The van der Waals surface area contributed by atoms with Crippen molar-refractivity contribution in [3.8, 4) is 0 Å². The predicted octanol–water partition coefficient (Wildman–Crippen LogP) is 3.31. The molecule has 1 aromatic carbocycles. The van der Waals surface area contributed by atoms with Gasteiger partial charge in [-0.25, -0.2) is 9.78 Å². The van der Waals surface area contributed by atoms with Gasteiger partial charge in [0.2, 0.25) is 11.8 Å². The SMILES string of the molecule is CC(C)(C)OC(=O)N[C@@H](Cc1ccccc1)C(=O)N[C@@H](Cc1cnc[nH]1)C(=O)N[C@H](CC1CCCCC1)[C@H](O)[C@@H](CO)CN=[N+]=[N-]. The predicted molar refractivity (Wildman–Crippen MR) is 171 cm³/mol. The number of carbonyl (C=O) groups excluding carboxylic acids is 3. The second kappa shape index (κ2) is 18.1. The maximum absolute atomic E-state index is 13.9. The summed E-state index contributed by atoms with van der Waals surface area (Å²) in [6, 6.07) is 6.20. The van der Waals surface area contributed by atoms with Gasteiger partial charge in [0.25, 0.3) is 0 Å². The van der Waals surface area contributed by atoms with Crippen molar-refractivity contribution in [2.24, 2.45) is 17.0 Å². The quantitative estimate of drug-likeness (QED) is 0.0913. The summed E-state index contributed by atoms with van der Waals surface area (Å²) < 4.78 is 5.41. The summed E-state index contributed by atoms with van der Waals surface area (Å²) in [5.41, 5.74) is 9.39. The van der Waals surface area contributed by atoms with Gasteiger partial charge >= 0.3 is 6.09 Å². The third kappa shape index (κ3) is 12.3. The van der Waals surface area contributed by atoms with Crippen LogP contribution in [0.25, 0.3) is 10.4 Å². The Hall–Kier alpha value is -4.13. The Kier molecular flexibility index (Phi) is 14.3. The van der Waals surface area contributed by atoms with Crippen molar-refractivity contribution in [1.82, 2.24) is 25.9 Å². The van der Waals surface area contributed by atoms with E-state index in [1.54, 1.807) is 27.0 Å². The van der Waals surface area contributed by atoms with Gasteiger partial charge in [0.15, 0.2) is 0 Å². The second-order valence-corrected chi connectivity index (χ2v) is 12.9. The summed E-state index contributed by atoms with van der Waals surface area (Å²) in [5.74, 6) is -1.70. The van der Waals surface area contributed by atoms with Gasteiger partial charge in [0, 0.05) is 48.7 Å². The van der Waals surface area contributed by atoms with Crippen molar-refractivity contribution in [3.05, 3.63) is 64.6 Å². The third-order valence-electron chi connectivity index (χ3n) is 8.05. The number of azide groups is 1. The molecule has 0 bridgehead atoms. The van der Waals surface area contributed by atoms with Gasteiger partial charge in [-0.3, -0.25) is 9.59 Å². The lowest BCUT2D eigenvalue weighted by atomic mass is 9.81. The first-order valence-electron chi connectivity index (χ1n) is 15.9. The summed E-state index contributed by atoms with van der Waals surface area (Å²) >= 11 is 0. The Balaban J connectivity index is 1.85. The molecular weight excluding hydrogens is 592 g/mol. The number of hydrogen-bond acceptors (Lipinski definition) is 8. The van der Waals surface area contributed by atoms with E-state index in [-0.39, 0.29) is 25.3 Å². The molecule has 0 saturated heterocycles. The summed E-state index contributed by atoms with van der Waals surface area (Å²) in [6.07, 6.45) is 6.82. The van der Waals surface area contributed by atoms with Crippen LogP contribution in [0, 0.1) is 11.8 Å². The number of amides is 3. The number of alkyl carbamates (subject to hydrolysis) is 1. The van der Waals surface area contributed by atoms with Gasteiger partial charge in [0.05, 0.1) is 18.5 Å². The lowest BCUT2D eigenvalue weighted by Gasteiger charge is -2.34. The highest BCUT2D eigenvalue weighted by molar-refractivity contribution is 5.91. The molecule has 3 amide bonds. The van der Waals surface area contributed by atoms with Crippen LogP contribution in [0.4, 0.5) is 4.79 Å². The molecule has 6 N–H and O–H groups in total. The average Bonchev–Trinajstić information content (AvgIpc) is 3.53. The Bertz CT molecular complexity index is 1270. The standard InChI is InChI=1S/C32H48N8O6/c1-32(2,3)46-31(45)39-26(15-22-12-8-5-9-13-22)29(43)38-27(16-24-18-34-20-35-24)30(44)37-25(14-21-10-6-4-7-11-21)28(42)23(19-41)17-36-40-33/h5,8-9,12-13,18,20-21,23,25-28,41-42H,4,6-7,10-11,14-17,19H2,1-3H3,(H,34,35)(H,37,44)(H,38,43)(H,39,45)/t23-,25-,26+,27+,28-/m1/s1. The average molecular weight is 641 g/mol. The molecule has 5 atom stereocenters. The Labute approximate surface area is 269 Å². The van der Waals surface area contributed by atoms with Crippen molar-refractivity contribution in [3.63, 3.8) is 0 Å². The molecule has 0 radical (unpaired) electrons. The Morgan fingerprint density at radius 1 is 1.07 bits per heavy atom. The molecule has 0 unspecified atom stereocenters. The Morgan fingerprint density at radius 3 is 2.35 bits per heavy atom. The lowest BCUT2D eigenvalue weighted by Crippen LogP contribution is -2.58. The van der Waals surface area contributed by atoms with E-state index in [1.807, 2.05) is 30.3 Å². The minimum atomic E-state index is -1.20. The van der Waals surface area contributed by atoms with E-state index in [0.29, 0.717) is 12.1 Å². The highest BCUT2D eigenvalue weighted by Crippen LogP contribution is 2.29. The number of rotatable bonds is 16. The Morgan fingerprint density at radius 2 is 1.74 bits per heavy atom. The van der Waals surface area contributed by atoms with E-state index in [4.69, 9.17) is 10.3 Å². The van der Waals surface area contributed by atoms with Crippen LogP contribution in [0.2, 0.25) is 0 Å². The number of aromatic amines is 1. The van der Waals surface area contributed by atoms with E-state index < -0.39 is 60.3 Å². The minimum Gasteiger partial charge on any atom is -0.444 e. The number of H-pyrrole nitrogens is 1. The molecule has 14 heteroatoms. The molecule has 0 aliphatic heterocycles. The number of benzene rings is 1. The highest BCUT2D eigenvalue weighted by Gasteiger charge is 2.34. The number of nitrogens with one attached hydrogen (secondary N) is 4. The maximum atomic E-state index is 13.9. The van der Waals surface area contributed by atoms with Crippen molar-refractivity contribution in [2.75, 3.05) is 13.2 Å². The van der Waals surface area contributed by atoms with E-state index in [1.165, 1.54) is 6.33 Å². The van der Waals surface area contributed by atoms with Crippen molar-refractivity contribution < 1.29 is 29.3 Å². The van der Waals surface area contributed by atoms with E-state index in [9.17, 15) is 24.6 Å². The second-order valence-electron chi connectivity index (χ2n) is 12.9. The van der Waals surface area contributed by atoms with Gasteiger partial charge in [-0.15, -0.1) is 0 Å². The van der Waals surface area contributed by atoms with Crippen LogP contribution in [-0.4, -0.2) is 81.1 Å². The molecule has 1 heterocycles. The van der Waals surface area contributed by atoms with Gasteiger partial charge in [-0.05, 0) is 44.2 Å². The van der Waals surface area contributed by atoms with Gasteiger partial charge in [-0.2, -0.15) is 0 Å². The number of aliphatic hydroxyl groups excluding tert-OH is 2. The summed E-state index contributed by atoms with van der Waals surface area (Å²) in [4.78, 5) is 50.2. The molecule has 1 aromatic heterocycles. The fourth-order valence-electron chi connectivity index (χ4n) is 5.70. The fraction of sp³-hybridized carbons (Fsp3) is 0.625. The summed E-state index contributed by atoms with van der Waals surface area (Å²) in [7, 11) is 0. The van der Waals surface area contributed by atoms with E-state index >= 15 is 0 Å². The number of aliphatic hydroxyl groups is 2. The number of imidazole rings is 1. The molecule has 0 spiro atoms. The molecule has 1 aliphatic rings. The molecule has 252 valence electrons. The van der Waals surface area contributed by atoms with Crippen LogP contribution < -0.4 is 16.0 Å². The number of ether oxygens (including phenoxy) is 1. The number of aromatic nitrogens is 2. The molecule has 2 aromatic rings. The zero-order valence-corrected chi connectivity index (χ0v) is 26.9. The van der Waals surface area contributed by atoms with E-state index in [0.717, 1.165) is 37.7 Å². The first-order chi connectivity index (χ1) is 22.0.